The Bertz CT molecular complexity index is 1020. The second-order valence-corrected chi connectivity index (χ2v) is 8.07. The molecule has 3 amide bonds. The fourth-order valence-corrected chi connectivity index (χ4v) is 3.93. The molecule has 2 aromatic rings. The zero-order chi connectivity index (χ0) is 22.0. The van der Waals surface area contributed by atoms with E-state index in [1.165, 1.54) is 0 Å². The van der Waals surface area contributed by atoms with E-state index >= 15 is 0 Å². The average molecular weight is 419 g/mol. The molecule has 1 aliphatic carbocycles. The summed E-state index contributed by atoms with van der Waals surface area (Å²) in [6.07, 6.45) is 6.62. The first kappa shape index (κ1) is 20.8. The molecule has 7 heteroatoms. The molecule has 0 saturated carbocycles. The van der Waals surface area contributed by atoms with E-state index in [0.717, 1.165) is 27.3 Å². The molecule has 2 atom stereocenters. The van der Waals surface area contributed by atoms with E-state index in [1.54, 1.807) is 12.3 Å². The molecule has 160 valence electrons. The van der Waals surface area contributed by atoms with Gasteiger partial charge in [0.2, 0.25) is 23.6 Å². The number of nitrogens with zero attached hydrogens (tertiary/aromatic N) is 2. The van der Waals surface area contributed by atoms with Gasteiger partial charge in [-0.05, 0) is 49.4 Å². The van der Waals surface area contributed by atoms with Gasteiger partial charge in [-0.3, -0.25) is 19.3 Å². The first-order valence-corrected chi connectivity index (χ1v) is 10.4. The maximum atomic E-state index is 12.5. The maximum absolute atomic E-state index is 12.5. The number of benzene rings is 1. The molecule has 31 heavy (non-hydrogen) atoms. The molecule has 1 saturated heterocycles. The molecule has 4 rings (SSSR count). The van der Waals surface area contributed by atoms with Crippen molar-refractivity contribution in [3.8, 4) is 11.6 Å². The summed E-state index contributed by atoms with van der Waals surface area (Å²) in [7, 11) is 0. The predicted octanol–water partition coefficient (Wildman–Crippen LogP) is 3.06. The van der Waals surface area contributed by atoms with Gasteiger partial charge in [0.05, 0.1) is 11.8 Å². The van der Waals surface area contributed by atoms with E-state index in [0.29, 0.717) is 18.7 Å². The van der Waals surface area contributed by atoms with Gasteiger partial charge in [0, 0.05) is 18.8 Å². The Hall–Kier alpha value is -3.48. The predicted molar refractivity (Wildman–Crippen MR) is 114 cm³/mol. The Balaban J connectivity index is 1.30. The third-order valence-electron chi connectivity index (χ3n) is 5.75. The van der Waals surface area contributed by atoms with Crippen LogP contribution in [0.25, 0.3) is 0 Å². The van der Waals surface area contributed by atoms with E-state index < -0.39 is 0 Å². The van der Waals surface area contributed by atoms with Crippen LogP contribution in [0.3, 0.4) is 0 Å². The molecule has 1 aromatic carbocycles. The number of nitrogens with one attached hydrogen (secondary N) is 1. The van der Waals surface area contributed by atoms with Gasteiger partial charge in [0.25, 0.3) is 0 Å². The van der Waals surface area contributed by atoms with Crippen LogP contribution in [-0.2, 0) is 20.9 Å². The number of ether oxygens (including phenoxy) is 1. The van der Waals surface area contributed by atoms with Crippen LogP contribution in [0.15, 0.2) is 48.7 Å². The van der Waals surface area contributed by atoms with Gasteiger partial charge in [0.1, 0.15) is 12.3 Å². The Labute approximate surface area is 181 Å². The molecule has 0 bridgehead atoms. The monoisotopic (exact) mass is 419 g/mol. The first-order valence-electron chi connectivity index (χ1n) is 10.4. The quantitative estimate of drug-likeness (QED) is 0.574. The molecule has 1 N–H and O–H groups in total. The van der Waals surface area contributed by atoms with Crippen LogP contribution in [0, 0.1) is 25.7 Å². The second-order valence-electron chi connectivity index (χ2n) is 8.07. The van der Waals surface area contributed by atoms with Gasteiger partial charge < -0.3 is 10.1 Å². The summed E-state index contributed by atoms with van der Waals surface area (Å²) in [5.41, 5.74) is 2.91. The summed E-state index contributed by atoms with van der Waals surface area (Å²) in [6.45, 7) is 3.98. The van der Waals surface area contributed by atoms with Crippen molar-refractivity contribution < 1.29 is 19.1 Å². The number of hydrogen-bond donors (Lipinski definition) is 1. The van der Waals surface area contributed by atoms with Crippen LogP contribution >= 0.6 is 0 Å². The largest absolute Gasteiger partial charge is 0.439 e. The molecular formula is C24H25N3O4. The summed E-state index contributed by atoms with van der Waals surface area (Å²) >= 11 is 0. The van der Waals surface area contributed by atoms with E-state index in [-0.39, 0.29) is 42.6 Å². The topological polar surface area (TPSA) is 88.6 Å². The summed E-state index contributed by atoms with van der Waals surface area (Å²) in [5, 5.41) is 2.75. The SMILES string of the molecule is Cc1ccc(C)c(Oc2ccc(CNC(=O)CN3C(=O)[C@H]4CC=CC[C@@H]4C3=O)cn2)c1. The molecule has 2 heterocycles. The van der Waals surface area contributed by atoms with Gasteiger partial charge in [-0.25, -0.2) is 4.98 Å². The minimum atomic E-state index is -0.371. The van der Waals surface area contributed by atoms with Crippen LogP contribution in [0.5, 0.6) is 11.6 Å². The number of fused-ring (bicyclic) bond motifs is 1. The number of pyridine rings is 1. The minimum absolute atomic E-state index is 0.244. The Kier molecular flexibility index (Phi) is 5.84. The third-order valence-corrected chi connectivity index (χ3v) is 5.75. The minimum Gasteiger partial charge on any atom is -0.439 e. The Morgan fingerprint density at radius 2 is 1.81 bits per heavy atom. The number of aryl methyl sites for hydroxylation is 2. The highest BCUT2D eigenvalue weighted by atomic mass is 16.5. The van der Waals surface area contributed by atoms with Crippen LogP contribution in [0.2, 0.25) is 0 Å². The normalized spacial score (nSPS) is 20.0. The number of carbonyl (C=O) groups excluding carboxylic acids is 3. The van der Waals surface area contributed by atoms with Crippen LogP contribution in [0.4, 0.5) is 0 Å². The molecule has 1 aromatic heterocycles. The highest BCUT2D eigenvalue weighted by molar-refractivity contribution is 6.07. The lowest BCUT2D eigenvalue weighted by atomic mass is 9.85. The number of hydrogen-bond acceptors (Lipinski definition) is 5. The third kappa shape index (κ3) is 4.50. The van der Waals surface area contributed by atoms with Gasteiger partial charge in [-0.15, -0.1) is 0 Å². The second kappa shape index (κ2) is 8.71. The van der Waals surface area contributed by atoms with E-state index in [1.807, 2.05) is 50.3 Å². The fourth-order valence-electron chi connectivity index (χ4n) is 3.93. The first-order chi connectivity index (χ1) is 14.9. The van der Waals surface area contributed by atoms with E-state index in [9.17, 15) is 14.4 Å². The zero-order valence-corrected chi connectivity index (χ0v) is 17.6. The Morgan fingerprint density at radius 3 is 2.45 bits per heavy atom. The van der Waals surface area contributed by atoms with Gasteiger partial charge in [-0.1, -0.05) is 30.4 Å². The fraction of sp³-hybridized carbons (Fsp3) is 0.333. The van der Waals surface area contributed by atoms with Crippen molar-refractivity contribution >= 4 is 17.7 Å². The van der Waals surface area contributed by atoms with Crippen molar-refractivity contribution in [3.63, 3.8) is 0 Å². The van der Waals surface area contributed by atoms with Crippen molar-refractivity contribution in [2.45, 2.75) is 33.2 Å². The standard InChI is InChI=1S/C24H25N3O4/c1-15-7-8-16(2)20(11-15)31-22-10-9-17(13-26-22)12-25-21(28)14-27-23(29)18-5-3-4-6-19(18)24(27)30/h3-4,7-11,13,18-19H,5-6,12,14H2,1-2H3,(H,25,28)/t18-,19-/m0/s1. The highest BCUT2D eigenvalue weighted by Crippen LogP contribution is 2.34. The number of likely N-dealkylation sites (tertiary alicyclic amines) is 1. The summed E-state index contributed by atoms with van der Waals surface area (Å²) in [5.74, 6) is -0.284. The van der Waals surface area contributed by atoms with Gasteiger partial charge in [0.15, 0.2) is 0 Å². The lowest BCUT2D eigenvalue weighted by molar-refractivity contribution is -0.143. The molecule has 1 fully saturated rings. The average Bonchev–Trinajstić information content (AvgIpc) is 3.01. The van der Waals surface area contributed by atoms with Crippen molar-refractivity contribution in [1.29, 1.82) is 0 Å². The molecule has 0 unspecified atom stereocenters. The number of amides is 3. The molecule has 7 nitrogen and oxygen atoms in total. The smallest absolute Gasteiger partial charge is 0.240 e. The zero-order valence-electron chi connectivity index (χ0n) is 17.6. The van der Waals surface area contributed by atoms with Gasteiger partial charge >= 0.3 is 0 Å². The summed E-state index contributed by atoms with van der Waals surface area (Å²) in [6, 6.07) is 9.54. The van der Waals surface area contributed by atoms with Gasteiger partial charge in [-0.2, -0.15) is 0 Å². The summed E-state index contributed by atoms with van der Waals surface area (Å²) < 4.78 is 5.84. The van der Waals surface area contributed by atoms with E-state index in [2.05, 4.69) is 10.3 Å². The molecular weight excluding hydrogens is 394 g/mol. The molecule has 2 aliphatic rings. The number of imide groups is 1. The number of rotatable bonds is 6. The Morgan fingerprint density at radius 1 is 1.10 bits per heavy atom. The maximum Gasteiger partial charge on any atom is 0.240 e. The van der Waals surface area contributed by atoms with Crippen molar-refractivity contribution in [1.82, 2.24) is 15.2 Å². The summed E-state index contributed by atoms with van der Waals surface area (Å²) in [4.78, 5) is 42.6. The van der Waals surface area contributed by atoms with Crippen molar-refractivity contribution in [2.24, 2.45) is 11.8 Å². The molecule has 0 radical (unpaired) electrons. The lowest BCUT2D eigenvalue weighted by Crippen LogP contribution is -2.40. The van der Waals surface area contributed by atoms with Crippen molar-refractivity contribution in [2.75, 3.05) is 6.54 Å². The lowest BCUT2D eigenvalue weighted by Gasteiger charge is -2.14. The number of carbonyl (C=O) groups is 3. The van der Waals surface area contributed by atoms with Crippen LogP contribution in [-0.4, -0.2) is 34.2 Å². The highest BCUT2D eigenvalue weighted by Gasteiger charge is 2.47. The van der Waals surface area contributed by atoms with Crippen LogP contribution in [0.1, 0.15) is 29.5 Å². The number of allylic oxidation sites excluding steroid dienone is 2. The number of aromatic nitrogens is 1. The van der Waals surface area contributed by atoms with Crippen molar-refractivity contribution in [3.05, 3.63) is 65.4 Å². The van der Waals surface area contributed by atoms with E-state index in [4.69, 9.17) is 4.74 Å². The molecule has 0 spiro atoms. The van der Waals surface area contributed by atoms with Crippen LogP contribution < -0.4 is 10.1 Å². The molecule has 1 aliphatic heterocycles.